The number of non-ortho nitro benzene ring substituents is 1. The van der Waals surface area contributed by atoms with Crippen LogP contribution in [-0.4, -0.2) is 29.1 Å². The van der Waals surface area contributed by atoms with Crippen LogP contribution in [0.3, 0.4) is 0 Å². The number of carbonyl (C=O) groups is 1. The van der Waals surface area contributed by atoms with Crippen molar-refractivity contribution in [2.45, 2.75) is 11.5 Å². The van der Waals surface area contributed by atoms with Gasteiger partial charge in [-0.15, -0.1) is 0 Å². The summed E-state index contributed by atoms with van der Waals surface area (Å²) in [6.07, 6.45) is 1.74. The van der Waals surface area contributed by atoms with Gasteiger partial charge in [-0.3, -0.25) is 14.8 Å². The lowest BCUT2D eigenvalue weighted by Crippen LogP contribution is -2.16. The van der Waals surface area contributed by atoms with Crippen molar-refractivity contribution in [2.75, 3.05) is 4.72 Å². The minimum absolute atomic E-state index is 0.0148. The van der Waals surface area contributed by atoms with Crippen molar-refractivity contribution in [3.8, 4) is 5.69 Å². The topological polar surface area (TPSA) is 133 Å². The molecule has 0 atom stereocenters. The van der Waals surface area contributed by atoms with E-state index >= 15 is 0 Å². The molecule has 0 aliphatic carbocycles. The maximum Gasteiger partial charge on any atom is 0.340 e. The smallest absolute Gasteiger partial charge is 0.340 e. The largest absolute Gasteiger partial charge is 0.455 e. The second-order valence-corrected chi connectivity index (χ2v) is 8.75. The number of para-hydroxylation sites is 2. The third kappa shape index (κ3) is 5.10. The van der Waals surface area contributed by atoms with Gasteiger partial charge in [0, 0.05) is 18.3 Å². The third-order valence-electron chi connectivity index (χ3n) is 4.75. The lowest BCUT2D eigenvalue weighted by molar-refractivity contribution is -0.385. The maximum absolute atomic E-state index is 12.8. The molecular formula is C23H18N4O6S. The average molecular weight is 478 g/mol. The molecular weight excluding hydrogens is 460 g/mol. The zero-order valence-electron chi connectivity index (χ0n) is 17.6. The Kier molecular flexibility index (Phi) is 6.37. The van der Waals surface area contributed by atoms with Gasteiger partial charge in [0.15, 0.2) is 0 Å². The number of esters is 1. The van der Waals surface area contributed by atoms with E-state index in [2.05, 4.69) is 9.82 Å². The van der Waals surface area contributed by atoms with Crippen molar-refractivity contribution in [3.05, 3.63) is 112 Å². The number of nitro benzene ring substituents is 1. The molecule has 4 aromatic rings. The maximum atomic E-state index is 12.8. The Morgan fingerprint density at radius 3 is 2.50 bits per heavy atom. The number of sulfonamides is 1. The molecule has 0 saturated carbocycles. The van der Waals surface area contributed by atoms with Gasteiger partial charge >= 0.3 is 5.97 Å². The number of nitro groups is 1. The van der Waals surface area contributed by atoms with Crippen LogP contribution in [0.5, 0.6) is 0 Å². The summed E-state index contributed by atoms with van der Waals surface area (Å²) >= 11 is 0. The second kappa shape index (κ2) is 9.55. The molecule has 0 bridgehead atoms. The average Bonchev–Trinajstić information content (AvgIpc) is 3.32. The molecule has 0 radical (unpaired) electrons. The molecule has 0 aliphatic rings. The normalized spacial score (nSPS) is 11.1. The monoisotopic (exact) mass is 478 g/mol. The highest BCUT2D eigenvalue weighted by molar-refractivity contribution is 7.92. The molecule has 3 aromatic carbocycles. The number of benzene rings is 3. The van der Waals surface area contributed by atoms with Gasteiger partial charge in [-0.25, -0.2) is 17.9 Å². The van der Waals surface area contributed by atoms with E-state index in [0.29, 0.717) is 5.69 Å². The summed E-state index contributed by atoms with van der Waals surface area (Å²) in [4.78, 5) is 22.7. The Bertz CT molecular complexity index is 1450. The summed E-state index contributed by atoms with van der Waals surface area (Å²) in [5.74, 6) is -0.758. The molecule has 10 nitrogen and oxygen atoms in total. The van der Waals surface area contributed by atoms with Crippen LogP contribution in [0.25, 0.3) is 5.69 Å². The van der Waals surface area contributed by atoms with E-state index in [4.69, 9.17) is 4.74 Å². The van der Waals surface area contributed by atoms with Gasteiger partial charge in [0.1, 0.15) is 12.3 Å². The van der Waals surface area contributed by atoms with Crippen molar-refractivity contribution in [2.24, 2.45) is 0 Å². The summed E-state index contributed by atoms with van der Waals surface area (Å²) in [6.45, 7) is -0.120. The molecule has 0 spiro atoms. The van der Waals surface area contributed by atoms with Crippen molar-refractivity contribution >= 4 is 27.4 Å². The van der Waals surface area contributed by atoms with Crippen LogP contribution in [0.4, 0.5) is 11.4 Å². The molecule has 0 amide bonds. The van der Waals surface area contributed by atoms with E-state index in [1.165, 1.54) is 30.3 Å². The number of hydrogen-bond donors (Lipinski definition) is 1. The fourth-order valence-electron chi connectivity index (χ4n) is 3.10. The highest BCUT2D eigenvalue weighted by Crippen LogP contribution is 2.23. The summed E-state index contributed by atoms with van der Waals surface area (Å²) in [7, 11) is -4.20. The van der Waals surface area contributed by atoms with E-state index in [0.717, 1.165) is 11.8 Å². The first kappa shape index (κ1) is 22.7. The van der Waals surface area contributed by atoms with Crippen LogP contribution in [0, 0.1) is 10.1 Å². The third-order valence-corrected chi connectivity index (χ3v) is 6.11. The Hall–Kier alpha value is -4.51. The first-order valence-corrected chi connectivity index (χ1v) is 11.5. The number of hydrogen-bond acceptors (Lipinski definition) is 7. The lowest BCUT2D eigenvalue weighted by atomic mass is 10.2. The van der Waals surface area contributed by atoms with Crippen molar-refractivity contribution in [3.63, 3.8) is 0 Å². The van der Waals surface area contributed by atoms with Gasteiger partial charge in [0.05, 0.1) is 26.8 Å². The lowest BCUT2D eigenvalue weighted by Gasteiger charge is -2.12. The number of ether oxygens (including phenoxy) is 1. The van der Waals surface area contributed by atoms with Gasteiger partial charge in [-0.2, -0.15) is 5.10 Å². The minimum atomic E-state index is -4.20. The standard InChI is InChI=1S/C23H18N4O6S/c28-23(33-16-17-13-14-26(24-17)18-7-2-1-3-8-18)21-11-4-5-12-22(21)25-34(31,32)20-10-6-9-19(15-20)27(29)30/h1-15,25H,16H2. The Labute approximate surface area is 194 Å². The second-order valence-electron chi connectivity index (χ2n) is 7.07. The van der Waals surface area contributed by atoms with Crippen LogP contribution >= 0.6 is 0 Å². The van der Waals surface area contributed by atoms with Gasteiger partial charge in [0.2, 0.25) is 0 Å². The highest BCUT2D eigenvalue weighted by Gasteiger charge is 2.21. The molecule has 4 rings (SSSR count). The molecule has 11 heteroatoms. The Morgan fingerprint density at radius 2 is 1.74 bits per heavy atom. The van der Waals surface area contributed by atoms with Crippen molar-refractivity contribution < 1.29 is 22.9 Å². The molecule has 0 fully saturated rings. The number of nitrogens with zero attached hydrogens (tertiary/aromatic N) is 3. The van der Waals surface area contributed by atoms with Gasteiger partial charge in [0.25, 0.3) is 15.7 Å². The van der Waals surface area contributed by atoms with Gasteiger partial charge in [-0.1, -0.05) is 36.4 Å². The van der Waals surface area contributed by atoms with Gasteiger partial charge < -0.3 is 4.74 Å². The number of rotatable bonds is 8. The molecule has 1 aromatic heterocycles. The summed E-state index contributed by atoms with van der Waals surface area (Å²) in [5, 5.41) is 15.3. The highest BCUT2D eigenvalue weighted by atomic mass is 32.2. The molecule has 1 N–H and O–H groups in total. The summed E-state index contributed by atoms with van der Waals surface area (Å²) in [6, 6.07) is 21.6. The molecule has 1 heterocycles. The summed E-state index contributed by atoms with van der Waals surface area (Å²) < 4.78 is 34.8. The van der Waals surface area contributed by atoms with E-state index < -0.39 is 20.9 Å². The van der Waals surface area contributed by atoms with Crippen LogP contribution in [0.15, 0.2) is 96.0 Å². The minimum Gasteiger partial charge on any atom is -0.455 e. The van der Waals surface area contributed by atoms with Crippen molar-refractivity contribution in [1.29, 1.82) is 0 Å². The Balaban J connectivity index is 1.49. The van der Waals surface area contributed by atoms with E-state index in [1.807, 2.05) is 30.3 Å². The molecule has 0 aliphatic heterocycles. The molecule has 0 unspecified atom stereocenters. The van der Waals surface area contributed by atoms with E-state index in [-0.39, 0.29) is 28.4 Å². The van der Waals surface area contributed by atoms with E-state index in [1.54, 1.807) is 29.1 Å². The zero-order valence-corrected chi connectivity index (χ0v) is 18.4. The zero-order chi connectivity index (χ0) is 24.1. The fourth-order valence-corrected chi connectivity index (χ4v) is 4.22. The molecule has 172 valence electrons. The number of anilines is 1. The van der Waals surface area contributed by atoms with Gasteiger partial charge in [-0.05, 0) is 36.4 Å². The predicted molar refractivity (Wildman–Crippen MR) is 123 cm³/mol. The van der Waals surface area contributed by atoms with Crippen LogP contribution in [0.2, 0.25) is 0 Å². The molecule has 34 heavy (non-hydrogen) atoms. The SMILES string of the molecule is O=C(OCc1ccn(-c2ccccc2)n1)c1ccccc1NS(=O)(=O)c1cccc([N+](=O)[O-])c1. The first-order chi connectivity index (χ1) is 16.3. The van der Waals surface area contributed by atoms with Crippen LogP contribution < -0.4 is 4.72 Å². The number of aromatic nitrogens is 2. The molecule has 0 saturated heterocycles. The number of carbonyl (C=O) groups excluding carboxylic acids is 1. The quantitative estimate of drug-likeness (QED) is 0.230. The fraction of sp³-hybridized carbons (Fsp3) is 0.0435. The van der Waals surface area contributed by atoms with Crippen molar-refractivity contribution in [1.82, 2.24) is 9.78 Å². The predicted octanol–water partition coefficient (Wildman–Crippen LogP) is 3.94. The van der Waals surface area contributed by atoms with Crippen LogP contribution in [-0.2, 0) is 21.4 Å². The first-order valence-electron chi connectivity index (χ1n) is 9.97. The summed E-state index contributed by atoms with van der Waals surface area (Å²) in [5.41, 5.74) is 0.950. The van der Waals surface area contributed by atoms with Crippen LogP contribution in [0.1, 0.15) is 16.1 Å². The van der Waals surface area contributed by atoms with E-state index in [9.17, 15) is 23.3 Å². The number of nitrogens with one attached hydrogen (secondary N) is 1. The Morgan fingerprint density at radius 1 is 1.00 bits per heavy atom.